The van der Waals surface area contributed by atoms with E-state index in [1.807, 2.05) is 62.4 Å². The smallest absolute Gasteiger partial charge is 0.320 e. The van der Waals surface area contributed by atoms with Crippen molar-refractivity contribution in [3.8, 4) is 11.5 Å². The lowest BCUT2D eigenvalue weighted by atomic mass is 10.0. The van der Waals surface area contributed by atoms with Gasteiger partial charge in [0.05, 0.1) is 7.11 Å². The van der Waals surface area contributed by atoms with Crippen LogP contribution in [0.1, 0.15) is 25.0 Å². The van der Waals surface area contributed by atoms with Crippen molar-refractivity contribution in [2.45, 2.75) is 33.0 Å². The number of hydrogen-bond donors (Lipinski definition) is 2. The van der Waals surface area contributed by atoms with Crippen molar-refractivity contribution in [1.82, 2.24) is 5.32 Å². The van der Waals surface area contributed by atoms with Crippen molar-refractivity contribution >= 4 is 5.97 Å². The van der Waals surface area contributed by atoms with E-state index in [9.17, 15) is 9.90 Å². The van der Waals surface area contributed by atoms with Gasteiger partial charge >= 0.3 is 5.97 Å². The molecule has 0 aliphatic carbocycles. The Kier molecular flexibility index (Phi) is 6.83. The summed E-state index contributed by atoms with van der Waals surface area (Å²) < 4.78 is 11.2. The van der Waals surface area contributed by atoms with Crippen LogP contribution in [0.15, 0.2) is 48.5 Å². The van der Waals surface area contributed by atoms with Gasteiger partial charge in [-0.3, -0.25) is 4.79 Å². The molecule has 2 N–H and O–H groups in total. The van der Waals surface area contributed by atoms with E-state index in [1.54, 1.807) is 7.11 Å². The summed E-state index contributed by atoms with van der Waals surface area (Å²) in [5.41, 5.74) is 2.02. The summed E-state index contributed by atoms with van der Waals surface area (Å²) in [5, 5.41) is 12.3. The molecule has 2 aromatic carbocycles. The molecule has 0 saturated carbocycles. The molecular formula is C20H25NO4. The molecule has 1 unspecified atom stereocenters. The Morgan fingerprint density at radius 2 is 1.80 bits per heavy atom. The Labute approximate surface area is 148 Å². The first-order chi connectivity index (χ1) is 12.0. The summed E-state index contributed by atoms with van der Waals surface area (Å²) in [7, 11) is 1.59. The van der Waals surface area contributed by atoms with Gasteiger partial charge in [0.1, 0.15) is 12.6 Å². The molecule has 5 heteroatoms. The number of aliphatic carboxylic acids is 1. The predicted molar refractivity (Wildman–Crippen MR) is 96.9 cm³/mol. The molecule has 0 fully saturated rings. The van der Waals surface area contributed by atoms with Gasteiger partial charge in [-0.15, -0.1) is 0 Å². The zero-order chi connectivity index (χ0) is 18.2. The minimum atomic E-state index is -0.843. The van der Waals surface area contributed by atoms with Crippen molar-refractivity contribution in [2.75, 3.05) is 7.11 Å². The van der Waals surface area contributed by atoms with Crippen LogP contribution < -0.4 is 14.8 Å². The fourth-order valence-electron chi connectivity index (χ4n) is 2.51. The van der Waals surface area contributed by atoms with E-state index in [2.05, 4.69) is 5.32 Å². The largest absolute Gasteiger partial charge is 0.493 e. The quantitative estimate of drug-likeness (QED) is 0.730. The van der Waals surface area contributed by atoms with Crippen LogP contribution in [0.3, 0.4) is 0 Å². The lowest BCUT2D eigenvalue weighted by Gasteiger charge is -2.18. The Morgan fingerprint density at radius 3 is 2.40 bits per heavy atom. The Bertz CT molecular complexity index is 685. The van der Waals surface area contributed by atoms with Gasteiger partial charge in [-0.2, -0.15) is 0 Å². The second kappa shape index (κ2) is 9.08. The number of carboxylic acids is 1. The molecule has 0 radical (unpaired) electrons. The molecule has 0 saturated heterocycles. The molecule has 0 amide bonds. The highest BCUT2D eigenvalue weighted by Crippen LogP contribution is 2.29. The summed E-state index contributed by atoms with van der Waals surface area (Å²) >= 11 is 0. The zero-order valence-corrected chi connectivity index (χ0v) is 14.9. The minimum Gasteiger partial charge on any atom is -0.493 e. The third kappa shape index (κ3) is 5.50. The molecule has 2 aromatic rings. The first-order valence-electron chi connectivity index (χ1n) is 8.31. The third-order valence-electron chi connectivity index (χ3n) is 3.92. The van der Waals surface area contributed by atoms with Gasteiger partial charge < -0.3 is 19.9 Å². The maximum Gasteiger partial charge on any atom is 0.320 e. The molecular weight excluding hydrogens is 318 g/mol. The molecule has 134 valence electrons. The third-order valence-corrected chi connectivity index (χ3v) is 3.92. The van der Waals surface area contributed by atoms with Gasteiger partial charge in [-0.1, -0.05) is 50.2 Å². The highest BCUT2D eigenvalue weighted by Gasteiger charge is 2.20. The van der Waals surface area contributed by atoms with Gasteiger partial charge in [-0.25, -0.2) is 0 Å². The number of benzene rings is 2. The summed E-state index contributed by atoms with van der Waals surface area (Å²) in [6.07, 6.45) is 0. The summed E-state index contributed by atoms with van der Waals surface area (Å²) in [6, 6.07) is 15.0. The lowest BCUT2D eigenvalue weighted by Crippen LogP contribution is -2.40. The van der Waals surface area contributed by atoms with Crippen LogP contribution in [0, 0.1) is 5.92 Å². The lowest BCUT2D eigenvalue weighted by molar-refractivity contribution is -0.140. The van der Waals surface area contributed by atoms with Crippen LogP contribution in [-0.2, 0) is 17.9 Å². The average Bonchev–Trinajstić information content (AvgIpc) is 2.60. The average molecular weight is 343 g/mol. The van der Waals surface area contributed by atoms with E-state index < -0.39 is 12.0 Å². The highest BCUT2D eigenvalue weighted by atomic mass is 16.5. The SMILES string of the molecule is COc1cc(CNC(C(=O)O)C(C)C)ccc1OCc1ccccc1. The van der Waals surface area contributed by atoms with Crippen molar-refractivity contribution in [3.63, 3.8) is 0 Å². The van der Waals surface area contributed by atoms with Crippen LogP contribution in [0.5, 0.6) is 11.5 Å². The molecule has 0 aliphatic heterocycles. The number of rotatable bonds is 9. The number of carbonyl (C=O) groups is 1. The van der Waals surface area contributed by atoms with E-state index in [1.165, 1.54) is 0 Å². The number of ether oxygens (including phenoxy) is 2. The standard InChI is InChI=1S/C20H25NO4/c1-14(2)19(20(22)23)21-12-16-9-10-17(18(11-16)24-3)25-13-15-7-5-4-6-8-15/h4-11,14,19,21H,12-13H2,1-3H3,(H,22,23). The van der Waals surface area contributed by atoms with Crippen molar-refractivity contribution < 1.29 is 19.4 Å². The van der Waals surface area contributed by atoms with Crippen LogP contribution in [-0.4, -0.2) is 24.2 Å². The first-order valence-corrected chi connectivity index (χ1v) is 8.31. The van der Waals surface area contributed by atoms with Gasteiger partial charge in [0.15, 0.2) is 11.5 Å². The van der Waals surface area contributed by atoms with Gasteiger partial charge in [-0.05, 0) is 29.2 Å². The molecule has 2 rings (SSSR count). The Balaban J connectivity index is 2.02. The Hall–Kier alpha value is -2.53. The van der Waals surface area contributed by atoms with Gasteiger partial charge in [0.2, 0.25) is 0 Å². The maximum atomic E-state index is 11.3. The van der Waals surface area contributed by atoms with Crippen LogP contribution in [0.4, 0.5) is 0 Å². The second-order valence-electron chi connectivity index (χ2n) is 6.20. The van der Waals surface area contributed by atoms with Gasteiger partial charge in [0, 0.05) is 6.54 Å². The maximum absolute atomic E-state index is 11.3. The summed E-state index contributed by atoms with van der Waals surface area (Å²) in [5.74, 6) is 0.457. The molecule has 5 nitrogen and oxygen atoms in total. The van der Waals surface area contributed by atoms with Crippen LogP contribution in [0.2, 0.25) is 0 Å². The molecule has 0 aliphatic rings. The summed E-state index contributed by atoms with van der Waals surface area (Å²) in [4.78, 5) is 11.3. The molecule has 0 bridgehead atoms. The van der Waals surface area contributed by atoms with Crippen molar-refractivity contribution in [3.05, 3.63) is 59.7 Å². The molecule has 0 spiro atoms. The highest BCUT2D eigenvalue weighted by molar-refractivity contribution is 5.73. The van der Waals surface area contributed by atoms with E-state index in [-0.39, 0.29) is 5.92 Å². The molecule has 0 aromatic heterocycles. The number of hydrogen-bond acceptors (Lipinski definition) is 4. The van der Waals surface area contributed by atoms with E-state index >= 15 is 0 Å². The molecule has 25 heavy (non-hydrogen) atoms. The van der Waals surface area contributed by atoms with E-state index in [4.69, 9.17) is 9.47 Å². The minimum absolute atomic E-state index is 0.00729. The zero-order valence-electron chi connectivity index (χ0n) is 14.9. The second-order valence-corrected chi connectivity index (χ2v) is 6.20. The first kappa shape index (κ1) is 18.8. The van der Waals surface area contributed by atoms with E-state index in [0.29, 0.717) is 24.7 Å². The number of methoxy groups -OCH3 is 1. The normalized spacial score (nSPS) is 12.0. The van der Waals surface area contributed by atoms with Gasteiger partial charge in [0.25, 0.3) is 0 Å². The monoisotopic (exact) mass is 343 g/mol. The van der Waals surface area contributed by atoms with Crippen LogP contribution in [0.25, 0.3) is 0 Å². The molecule has 0 heterocycles. The van der Waals surface area contributed by atoms with E-state index in [0.717, 1.165) is 11.1 Å². The summed E-state index contributed by atoms with van der Waals surface area (Å²) in [6.45, 7) is 4.67. The fraction of sp³-hybridized carbons (Fsp3) is 0.350. The van der Waals surface area contributed by atoms with Crippen LogP contribution >= 0.6 is 0 Å². The molecule has 1 atom stereocenters. The van der Waals surface area contributed by atoms with Crippen molar-refractivity contribution in [2.24, 2.45) is 5.92 Å². The topological polar surface area (TPSA) is 67.8 Å². The fourth-order valence-corrected chi connectivity index (χ4v) is 2.51. The number of carboxylic acid groups (broad SMARTS) is 1. The Morgan fingerprint density at radius 1 is 1.08 bits per heavy atom. The predicted octanol–water partition coefficient (Wildman–Crippen LogP) is 3.47. The number of nitrogens with one attached hydrogen (secondary N) is 1. The van der Waals surface area contributed by atoms with Crippen molar-refractivity contribution in [1.29, 1.82) is 0 Å².